The minimum atomic E-state index is -3.25. The summed E-state index contributed by atoms with van der Waals surface area (Å²) in [5, 5.41) is 11.6. The minimum Gasteiger partial charge on any atom is -0.481 e. The van der Waals surface area contributed by atoms with Crippen LogP contribution in [0.3, 0.4) is 0 Å². The lowest BCUT2D eigenvalue weighted by molar-refractivity contribution is -0.138. The number of carbonyl (C=O) groups excluding carboxylic acids is 1. The minimum absolute atomic E-state index is 0.0650. The highest BCUT2D eigenvalue weighted by molar-refractivity contribution is 7.91. The van der Waals surface area contributed by atoms with Crippen LogP contribution in [0, 0.1) is 5.92 Å². The fraction of sp³-hybridized carbons (Fsp3) is 0.833. The first kappa shape index (κ1) is 15.1. The molecular formula is C12H20N2O5S. The smallest absolute Gasteiger partial charge is 0.317 e. The summed E-state index contributed by atoms with van der Waals surface area (Å²) in [4.78, 5) is 24.2. The lowest BCUT2D eigenvalue weighted by Crippen LogP contribution is -2.55. The normalized spacial score (nSPS) is 25.2. The molecule has 0 aromatic carbocycles. The van der Waals surface area contributed by atoms with E-state index in [0.29, 0.717) is 12.5 Å². The maximum absolute atomic E-state index is 12.0. The van der Waals surface area contributed by atoms with Crippen LogP contribution in [0.25, 0.3) is 0 Å². The summed E-state index contributed by atoms with van der Waals surface area (Å²) in [6.45, 7) is 0.627. The first-order valence-electron chi connectivity index (χ1n) is 6.84. The number of carboxylic acids is 1. The molecule has 7 nitrogen and oxygen atoms in total. The van der Waals surface area contributed by atoms with Crippen molar-refractivity contribution in [2.75, 3.05) is 24.6 Å². The second-order valence-electron chi connectivity index (χ2n) is 5.52. The van der Waals surface area contributed by atoms with Crippen molar-refractivity contribution >= 4 is 21.8 Å². The Bertz CT molecular complexity index is 486. The average molecular weight is 304 g/mol. The molecule has 0 radical (unpaired) electrons. The first-order chi connectivity index (χ1) is 9.37. The maximum Gasteiger partial charge on any atom is 0.317 e. The number of amides is 2. The van der Waals surface area contributed by atoms with Gasteiger partial charge in [-0.05, 0) is 12.3 Å². The molecule has 2 rings (SSSR count). The molecule has 1 heterocycles. The van der Waals surface area contributed by atoms with Gasteiger partial charge in [0.25, 0.3) is 0 Å². The molecule has 1 aliphatic carbocycles. The predicted octanol–water partition coefficient (Wildman–Crippen LogP) is 0.0698. The SMILES string of the molecule is O=C(O)CC1CS(=O)(=O)CCN1C(=O)NCCC1CC1. The van der Waals surface area contributed by atoms with Crippen LogP contribution in [-0.4, -0.2) is 61.1 Å². The highest BCUT2D eigenvalue weighted by Crippen LogP contribution is 2.31. The van der Waals surface area contributed by atoms with E-state index >= 15 is 0 Å². The monoisotopic (exact) mass is 304 g/mol. The van der Waals surface area contributed by atoms with E-state index in [2.05, 4.69) is 5.32 Å². The molecule has 1 aliphatic heterocycles. The predicted molar refractivity (Wildman–Crippen MR) is 72.1 cm³/mol. The third-order valence-corrected chi connectivity index (χ3v) is 5.42. The van der Waals surface area contributed by atoms with Gasteiger partial charge in [0.2, 0.25) is 0 Å². The van der Waals surface area contributed by atoms with Gasteiger partial charge >= 0.3 is 12.0 Å². The highest BCUT2D eigenvalue weighted by Gasteiger charge is 2.35. The molecule has 2 fully saturated rings. The number of carbonyl (C=O) groups is 2. The van der Waals surface area contributed by atoms with Gasteiger partial charge in [-0.2, -0.15) is 0 Å². The van der Waals surface area contributed by atoms with Gasteiger partial charge in [0.15, 0.2) is 9.84 Å². The summed E-state index contributed by atoms with van der Waals surface area (Å²) in [6, 6.07) is -1.13. The number of rotatable bonds is 5. The van der Waals surface area contributed by atoms with Crippen LogP contribution in [0.2, 0.25) is 0 Å². The van der Waals surface area contributed by atoms with Gasteiger partial charge in [-0.3, -0.25) is 4.79 Å². The third-order valence-electron chi connectivity index (χ3n) is 3.73. The molecule has 8 heteroatoms. The molecule has 1 unspecified atom stereocenters. The summed E-state index contributed by atoms with van der Waals surface area (Å²) < 4.78 is 23.1. The van der Waals surface area contributed by atoms with Gasteiger partial charge in [-0.25, -0.2) is 13.2 Å². The second-order valence-corrected chi connectivity index (χ2v) is 7.75. The summed E-state index contributed by atoms with van der Waals surface area (Å²) >= 11 is 0. The van der Waals surface area contributed by atoms with Crippen LogP contribution in [0.15, 0.2) is 0 Å². The number of sulfone groups is 1. The molecule has 1 saturated carbocycles. The van der Waals surface area contributed by atoms with Crippen molar-refractivity contribution < 1.29 is 23.1 Å². The fourth-order valence-corrected chi connectivity index (χ4v) is 3.94. The van der Waals surface area contributed by atoms with Crippen LogP contribution < -0.4 is 5.32 Å². The van der Waals surface area contributed by atoms with Gasteiger partial charge in [0.05, 0.1) is 24.0 Å². The van der Waals surface area contributed by atoms with Crippen LogP contribution in [0.1, 0.15) is 25.7 Å². The van der Waals surface area contributed by atoms with Crippen molar-refractivity contribution in [3.63, 3.8) is 0 Å². The summed E-state index contributed by atoms with van der Waals surface area (Å²) in [5.41, 5.74) is 0. The molecule has 0 aromatic rings. The number of hydrogen-bond acceptors (Lipinski definition) is 4. The van der Waals surface area contributed by atoms with Gasteiger partial charge in [-0.15, -0.1) is 0 Å². The molecule has 0 aromatic heterocycles. The molecule has 20 heavy (non-hydrogen) atoms. The summed E-state index contributed by atoms with van der Waals surface area (Å²) in [7, 11) is -3.25. The molecule has 2 N–H and O–H groups in total. The van der Waals surface area contributed by atoms with Crippen molar-refractivity contribution in [3.8, 4) is 0 Å². The van der Waals surface area contributed by atoms with E-state index in [1.54, 1.807) is 0 Å². The second kappa shape index (κ2) is 5.99. The number of hydrogen-bond donors (Lipinski definition) is 2. The Labute approximate surface area is 118 Å². The Balaban J connectivity index is 1.91. The summed E-state index contributed by atoms with van der Waals surface area (Å²) in [6.07, 6.45) is 3.01. The van der Waals surface area contributed by atoms with E-state index in [-0.39, 0.29) is 30.5 Å². The van der Waals surface area contributed by atoms with Crippen molar-refractivity contribution in [3.05, 3.63) is 0 Å². The molecule has 0 bridgehead atoms. The Hall–Kier alpha value is -1.31. The van der Waals surface area contributed by atoms with Crippen LogP contribution in [-0.2, 0) is 14.6 Å². The van der Waals surface area contributed by atoms with Gasteiger partial charge < -0.3 is 15.3 Å². The lowest BCUT2D eigenvalue weighted by Gasteiger charge is -2.34. The van der Waals surface area contributed by atoms with Gasteiger partial charge in [-0.1, -0.05) is 12.8 Å². The van der Waals surface area contributed by atoms with E-state index in [1.165, 1.54) is 17.7 Å². The number of aliphatic carboxylic acids is 1. The van der Waals surface area contributed by atoms with E-state index in [4.69, 9.17) is 5.11 Å². The number of carboxylic acid groups (broad SMARTS) is 1. The zero-order valence-corrected chi connectivity index (χ0v) is 12.1. The van der Waals surface area contributed by atoms with Crippen LogP contribution >= 0.6 is 0 Å². The standard InChI is InChI=1S/C12H20N2O5S/c15-11(16)7-10-8-20(18,19)6-5-14(10)12(17)13-4-3-9-1-2-9/h9-10H,1-8H2,(H,13,17)(H,15,16). The van der Waals surface area contributed by atoms with E-state index in [1.807, 2.05) is 0 Å². The van der Waals surface area contributed by atoms with Crippen molar-refractivity contribution in [1.29, 1.82) is 0 Å². The van der Waals surface area contributed by atoms with E-state index in [9.17, 15) is 18.0 Å². The van der Waals surface area contributed by atoms with Crippen molar-refractivity contribution in [2.45, 2.75) is 31.7 Å². The Morgan fingerprint density at radius 3 is 2.60 bits per heavy atom. The van der Waals surface area contributed by atoms with Crippen molar-refractivity contribution in [1.82, 2.24) is 10.2 Å². The van der Waals surface area contributed by atoms with E-state index in [0.717, 1.165) is 6.42 Å². The topological polar surface area (TPSA) is 104 Å². The quantitative estimate of drug-likeness (QED) is 0.748. The largest absolute Gasteiger partial charge is 0.481 e. The molecule has 2 amide bonds. The lowest BCUT2D eigenvalue weighted by atomic mass is 10.2. The fourth-order valence-electron chi connectivity index (χ4n) is 2.42. The van der Waals surface area contributed by atoms with E-state index < -0.39 is 21.8 Å². The first-order valence-corrected chi connectivity index (χ1v) is 8.66. The highest BCUT2D eigenvalue weighted by atomic mass is 32.2. The zero-order valence-electron chi connectivity index (χ0n) is 11.2. The third kappa shape index (κ3) is 4.36. The number of nitrogens with one attached hydrogen (secondary N) is 1. The van der Waals surface area contributed by atoms with Gasteiger partial charge in [0, 0.05) is 13.1 Å². The maximum atomic E-state index is 12.0. The number of nitrogens with zero attached hydrogens (tertiary/aromatic N) is 1. The Morgan fingerprint density at radius 1 is 1.30 bits per heavy atom. The molecular weight excluding hydrogens is 284 g/mol. The van der Waals surface area contributed by atoms with Crippen LogP contribution in [0.4, 0.5) is 4.79 Å². The summed E-state index contributed by atoms with van der Waals surface area (Å²) in [5.74, 6) is -0.760. The molecule has 0 spiro atoms. The Morgan fingerprint density at radius 2 is 2.00 bits per heavy atom. The van der Waals surface area contributed by atoms with Gasteiger partial charge in [0.1, 0.15) is 0 Å². The van der Waals surface area contributed by atoms with Crippen LogP contribution in [0.5, 0.6) is 0 Å². The number of urea groups is 1. The zero-order chi connectivity index (χ0) is 14.8. The molecule has 1 atom stereocenters. The molecule has 114 valence electrons. The Kier molecular flexibility index (Phi) is 4.52. The molecule has 1 saturated heterocycles. The average Bonchev–Trinajstić information content (AvgIpc) is 3.11. The van der Waals surface area contributed by atoms with Crippen molar-refractivity contribution in [2.24, 2.45) is 5.92 Å². The molecule has 2 aliphatic rings.